The van der Waals surface area contributed by atoms with Crippen molar-refractivity contribution >= 4 is 5.82 Å². The number of aromatic nitrogens is 1. The van der Waals surface area contributed by atoms with E-state index in [0.717, 1.165) is 24.5 Å². The van der Waals surface area contributed by atoms with E-state index in [1.807, 2.05) is 12.1 Å². The Labute approximate surface area is 95.9 Å². The first-order valence-corrected chi connectivity index (χ1v) is 5.64. The number of aliphatic hydroxyl groups excluding tert-OH is 1. The summed E-state index contributed by atoms with van der Waals surface area (Å²) in [5, 5.41) is 9.42. The normalized spacial score (nSPS) is 24.8. The molecule has 2 rings (SSSR count). The lowest BCUT2D eigenvalue weighted by Gasteiger charge is -2.27. The third-order valence-corrected chi connectivity index (χ3v) is 3.31. The van der Waals surface area contributed by atoms with Crippen LogP contribution in [-0.4, -0.2) is 36.4 Å². The fourth-order valence-electron chi connectivity index (χ4n) is 2.31. The lowest BCUT2D eigenvalue weighted by Crippen LogP contribution is -2.35. The number of ether oxygens (including phenoxy) is 1. The van der Waals surface area contributed by atoms with Gasteiger partial charge in [-0.15, -0.1) is 0 Å². The molecule has 4 heteroatoms. The molecule has 1 fully saturated rings. The molecule has 0 aromatic carbocycles. The van der Waals surface area contributed by atoms with E-state index in [0.29, 0.717) is 5.92 Å². The van der Waals surface area contributed by atoms with Gasteiger partial charge in [-0.3, -0.25) is 0 Å². The molecule has 1 aromatic rings. The summed E-state index contributed by atoms with van der Waals surface area (Å²) in [6, 6.07) is 3.92. The second-order valence-electron chi connectivity index (χ2n) is 4.24. The summed E-state index contributed by atoms with van der Waals surface area (Å²) in [6.45, 7) is 3.26. The van der Waals surface area contributed by atoms with Crippen molar-refractivity contribution < 1.29 is 9.84 Å². The van der Waals surface area contributed by atoms with Crippen molar-refractivity contribution in [2.45, 2.75) is 19.4 Å². The third kappa shape index (κ3) is 1.85. The van der Waals surface area contributed by atoms with Crippen molar-refractivity contribution in [3.05, 3.63) is 18.3 Å². The minimum absolute atomic E-state index is 0.156. The maximum Gasteiger partial charge on any atom is 0.171 e. The second-order valence-corrected chi connectivity index (χ2v) is 4.24. The quantitative estimate of drug-likeness (QED) is 0.837. The minimum atomic E-state index is 0.156. The lowest BCUT2D eigenvalue weighted by atomic mass is 10.0. The largest absolute Gasteiger partial charge is 0.493 e. The average molecular weight is 222 g/mol. The highest BCUT2D eigenvalue weighted by Crippen LogP contribution is 2.33. The number of pyridine rings is 1. The highest BCUT2D eigenvalue weighted by Gasteiger charge is 2.32. The van der Waals surface area contributed by atoms with Crippen LogP contribution >= 0.6 is 0 Å². The van der Waals surface area contributed by atoms with Crippen LogP contribution in [0.2, 0.25) is 0 Å². The number of nitrogens with zero attached hydrogens (tertiary/aromatic N) is 2. The third-order valence-electron chi connectivity index (χ3n) is 3.31. The van der Waals surface area contributed by atoms with E-state index in [2.05, 4.69) is 16.8 Å². The van der Waals surface area contributed by atoms with Crippen LogP contribution in [0.5, 0.6) is 5.75 Å². The van der Waals surface area contributed by atoms with Crippen LogP contribution in [0.25, 0.3) is 0 Å². The Balaban J connectivity index is 2.29. The molecule has 1 aliphatic heterocycles. The molecule has 0 radical (unpaired) electrons. The zero-order valence-electron chi connectivity index (χ0n) is 9.76. The molecule has 1 aromatic heterocycles. The number of methoxy groups -OCH3 is 1. The Morgan fingerprint density at radius 2 is 2.44 bits per heavy atom. The predicted molar refractivity (Wildman–Crippen MR) is 62.8 cm³/mol. The molecular weight excluding hydrogens is 204 g/mol. The van der Waals surface area contributed by atoms with E-state index in [1.165, 1.54) is 0 Å². The summed E-state index contributed by atoms with van der Waals surface area (Å²) in [6.07, 6.45) is 2.85. The average Bonchev–Trinajstić information content (AvgIpc) is 2.70. The molecule has 1 N–H and O–H groups in total. The fourth-order valence-corrected chi connectivity index (χ4v) is 2.31. The van der Waals surface area contributed by atoms with Crippen molar-refractivity contribution in [2.75, 3.05) is 25.2 Å². The van der Waals surface area contributed by atoms with Gasteiger partial charge >= 0.3 is 0 Å². The van der Waals surface area contributed by atoms with E-state index in [1.54, 1.807) is 13.3 Å². The van der Waals surface area contributed by atoms with Gasteiger partial charge in [0.2, 0.25) is 0 Å². The lowest BCUT2D eigenvalue weighted by molar-refractivity contribution is 0.244. The zero-order chi connectivity index (χ0) is 11.5. The summed E-state index contributed by atoms with van der Waals surface area (Å²) < 4.78 is 5.30. The van der Waals surface area contributed by atoms with Crippen LogP contribution < -0.4 is 9.64 Å². The molecule has 0 spiro atoms. The van der Waals surface area contributed by atoms with E-state index in [-0.39, 0.29) is 12.6 Å². The molecule has 0 aliphatic carbocycles. The van der Waals surface area contributed by atoms with Gasteiger partial charge in [-0.25, -0.2) is 4.98 Å². The molecule has 2 heterocycles. The van der Waals surface area contributed by atoms with Gasteiger partial charge in [0.1, 0.15) is 0 Å². The van der Waals surface area contributed by atoms with Crippen molar-refractivity contribution in [1.29, 1.82) is 0 Å². The van der Waals surface area contributed by atoms with Crippen LogP contribution in [0.4, 0.5) is 5.82 Å². The van der Waals surface area contributed by atoms with Gasteiger partial charge < -0.3 is 14.7 Å². The van der Waals surface area contributed by atoms with Crippen LogP contribution in [0, 0.1) is 5.92 Å². The Hall–Kier alpha value is -1.29. The summed E-state index contributed by atoms with van der Waals surface area (Å²) in [5.41, 5.74) is 0. The van der Waals surface area contributed by atoms with Gasteiger partial charge in [0.15, 0.2) is 11.6 Å². The molecule has 2 unspecified atom stereocenters. The van der Waals surface area contributed by atoms with Crippen molar-refractivity contribution in [2.24, 2.45) is 5.92 Å². The standard InChI is InChI=1S/C12H18N2O2/c1-9-5-7-14(10(9)8-15)12-11(16-2)4-3-6-13-12/h3-4,6,9-10,15H,5,7-8H2,1-2H3. The van der Waals surface area contributed by atoms with Gasteiger partial charge in [0, 0.05) is 12.7 Å². The molecule has 0 bridgehead atoms. The minimum Gasteiger partial charge on any atom is -0.493 e. The van der Waals surface area contributed by atoms with Crippen molar-refractivity contribution in [1.82, 2.24) is 4.98 Å². The molecule has 88 valence electrons. The van der Waals surface area contributed by atoms with Crippen molar-refractivity contribution in [3.63, 3.8) is 0 Å². The van der Waals surface area contributed by atoms with Gasteiger partial charge in [0.05, 0.1) is 19.8 Å². The van der Waals surface area contributed by atoms with E-state index in [4.69, 9.17) is 4.74 Å². The smallest absolute Gasteiger partial charge is 0.171 e. The zero-order valence-corrected chi connectivity index (χ0v) is 9.76. The molecule has 0 amide bonds. The Morgan fingerprint density at radius 3 is 3.12 bits per heavy atom. The van der Waals surface area contributed by atoms with Gasteiger partial charge in [0.25, 0.3) is 0 Å². The molecule has 2 atom stereocenters. The molecular formula is C12H18N2O2. The van der Waals surface area contributed by atoms with Gasteiger partial charge in [-0.05, 0) is 24.5 Å². The molecule has 1 aliphatic rings. The second kappa shape index (κ2) is 4.70. The first-order chi connectivity index (χ1) is 7.77. The maximum absolute atomic E-state index is 9.42. The van der Waals surface area contributed by atoms with E-state index in [9.17, 15) is 5.11 Å². The molecule has 4 nitrogen and oxygen atoms in total. The predicted octanol–water partition coefficient (Wildman–Crippen LogP) is 1.30. The number of rotatable bonds is 3. The SMILES string of the molecule is COc1cccnc1N1CCC(C)C1CO. The van der Waals surface area contributed by atoms with Crippen LogP contribution in [0.1, 0.15) is 13.3 Å². The topological polar surface area (TPSA) is 45.6 Å². The summed E-state index contributed by atoms with van der Waals surface area (Å²) in [7, 11) is 1.65. The van der Waals surface area contributed by atoms with Gasteiger partial charge in [-0.2, -0.15) is 0 Å². The Morgan fingerprint density at radius 1 is 1.62 bits per heavy atom. The van der Waals surface area contributed by atoms with Crippen molar-refractivity contribution in [3.8, 4) is 5.75 Å². The summed E-state index contributed by atoms with van der Waals surface area (Å²) >= 11 is 0. The van der Waals surface area contributed by atoms with Crippen LogP contribution in [-0.2, 0) is 0 Å². The number of aliphatic hydroxyl groups is 1. The number of hydrogen-bond acceptors (Lipinski definition) is 4. The summed E-state index contributed by atoms with van der Waals surface area (Å²) in [5.74, 6) is 2.11. The fraction of sp³-hybridized carbons (Fsp3) is 0.583. The molecule has 16 heavy (non-hydrogen) atoms. The highest BCUT2D eigenvalue weighted by molar-refractivity contribution is 5.53. The van der Waals surface area contributed by atoms with Gasteiger partial charge in [-0.1, -0.05) is 6.92 Å². The maximum atomic E-state index is 9.42. The Kier molecular flexibility index (Phi) is 3.29. The van der Waals surface area contributed by atoms with Crippen LogP contribution in [0.15, 0.2) is 18.3 Å². The first-order valence-electron chi connectivity index (χ1n) is 5.64. The number of anilines is 1. The summed E-state index contributed by atoms with van der Waals surface area (Å²) in [4.78, 5) is 6.50. The molecule has 0 saturated carbocycles. The molecule has 1 saturated heterocycles. The first kappa shape index (κ1) is 11.2. The highest BCUT2D eigenvalue weighted by atomic mass is 16.5. The van der Waals surface area contributed by atoms with E-state index < -0.39 is 0 Å². The Bertz CT molecular complexity index is 357. The monoisotopic (exact) mass is 222 g/mol. The number of hydrogen-bond donors (Lipinski definition) is 1. The van der Waals surface area contributed by atoms with E-state index >= 15 is 0 Å². The van der Waals surface area contributed by atoms with Crippen LogP contribution in [0.3, 0.4) is 0 Å².